The lowest BCUT2D eigenvalue weighted by Gasteiger charge is -2.08. The summed E-state index contributed by atoms with van der Waals surface area (Å²) in [6.07, 6.45) is 0. The molecule has 0 bridgehead atoms. The second kappa shape index (κ2) is 4.25. The van der Waals surface area contributed by atoms with Crippen LogP contribution in [0.3, 0.4) is 0 Å². The van der Waals surface area contributed by atoms with Crippen LogP contribution in [0, 0.1) is 17.2 Å². The van der Waals surface area contributed by atoms with Crippen molar-refractivity contribution < 1.29 is 4.39 Å². The average molecular weight is 197 g/mol. The molecule has 0 spiro atoms. The third kappa shape index (κ3) is 1.99. The van der Waals surface area contributed by atoms with Crippen LogP contribution in [0.1, 0.15) is 18.1 Å². The second-order valence-corrected chi connectivity index (χ2v) is 3.07. The van der Waals surface area contributed by atoms with Crippen molar-refractivity contribution in [1.82, 2.24) is 0 Å². The third-order valence-corrected chi connectivity index (χ3v) is 2.19. The van der Waals surface area contributed by atoms with Crippen molar-refractivity contribution in [1.29, 1.82) is 5.26 Å². The molecule has 1 aromatic carbocycles. The lowest BCUT2D eigenvalue weighted by atomic mass is 10.0. The van der Waals surface area contributed by atoms with E-state index in [2.05, 4.69) is 0 Å². The summed E-state index contributed by atoms with van der Waals surface area (Å²) in [5, 5.41) is 8.99. The summed E-state index contributed by atoms with van der Waals surface area (Å²) >= 11 is 5.87. The van der Waals surface area contributed by atoms with Gasteiger partial charge in [-0.2, -0.15) is 5.26 Å². The maximum Gasteiger partial charge on any atom is 0.101 e. The number of rotatable bonds is 2. The summed E-state index contributed by atoms with van der Waals surface area (Å²) in [7, 11) is 0. The lowest BCUT2D eigenvalue weighted by Crippen LogP contribution is -1.98. The first-order valence-corrected chi connectivity index (χ1v) is 4.16. The van der Waals surface area contributed by atoms with E-state index in [0.29, 0.717) is 22.1 Å². The van der Waals surface area contributed by atoms with E-state index in [0.717, 1.165) is 0 Å². The maximum absolute atomic E-state index is 12.3. The van der Waals surface area contributed by atoms with Crippen molar-refractivity contribution >= 4 is 11.6 Å². The smallest absolute Gasteiger partial charge is 0.101 e. The Balaban J connectivity index is 3.17. The van der Waals surface area contributed by atoms with Crippen molar-refractivity contribution in [2.45, 2.75) is 6.92 Å². The third-order valence-electron chi connectivity index (χ3n) is 1.78. The highest BCUT2D eigenvalue weighted by atomic mass is 35.5. The fourth-order valence-electron chi connectivity index (χ4n) is 1.02. The zero-order valence-corrected chi connectivity index (χ0v) is 7.90. The molecule has 0 amide bonds. The number of benzene rings is 1. The minimum atomic E-state index is -0.547. The summed E-state index contributed by atoms with van der Waals surface area (Å²) in [6.45, 7) is 1.11. The fourth-order valence-corrected chi connectivity index (χ4v) is 1.35. The Bertz CT molecular complexity index is 343. The molecule has 0 N–H and O–H groups in total. The molecule has 0 aliphatic heterocycles. The highest BCUT2D eigenvalue weighted by Gasteiger charge is 2.12. The molecule has 3 heteroatoms. The van der Waals surface area contributed by atoms with Crippen LogP contribution in [0.2, 0.25) is 5.02 Å². The molecule has 1 radical (unpaired) electrons. The van der Waals surface area contributed by atoms with Gasteiger partial charge in [0.1, 0.15) is 6.07 Å². The molecular formula is C10H8ClFN. The molecule has 67 valence electrons. The molecule has 0 heterocycles. The van der Waals surface area contributed by atoms with E-state index in [1.54, 1.807) is 25.1 Å². The van der Waals surface area contributed by atoms with Crippen LogP contribution >= 0.6 is 11.6 Å². The number of nitriles is 1. The van der Waals surface area contributed by atoms with Gasteiger partial charge in [0.2, 0.25) is 0 Å². The van der Waals surface area contributed by atoms with Gasteiger partial charge in [-0.3, -0.25) is 4.39 Å². The van der Waals surface area contributed by atoms with Gasteiger partial charge in [-0.05, 0) is 11.6 Å². The minimum Gasteiger partial charge on any atom is -0.250 e. The number of nitrogens with zero attached hydrogens (tertiary/aromatic N) is 1. The minimum absolute atomic E-state index is 0.333. The SMILES string of the molecule is C[C](CF)c1cccc(C#N)c1Cl. The normalized spacial score (nSPS) is 10.1. The Kier molecular flexibility index (Phi) is 3.27. The number of hydrogen-bond donors (Lipinski definition) is 0. The molecule has 13 heavy (non-hydrogen) atoms. The first kappa shape index (κ1) is 10.0. The summed E-state index contributed by atoms with van der Waals surface area (Å²) in [5.74, 6) is 0.544. The first-order chi connectivity index (χ1) is 6.20. The van der Waals surface area contributed by atoms with Gasteiger partial charge in [-0.1, -0.05) is 30.7 Å². The Morgan fingerprint density at radius 3 is 2.85 bits per heavy atom. The Morgan fingerprint density at radius 1 is 1.62 bits per heavy atom. The van der Waals surface area contributed by atoms with E-state index < -0.39 is 6.67 Å². The number of alkyl halides is 1. The summed E-state index contributed by atoms with van der Waals surface area (Å²) < 4.78 is 12.3. The van der Waals surface area contributed by atoms with Crippen LogP contribution in [0.25, 0.3) is 0 Å². The van der Waals surface area contributed by atoms with Gasteiger partial charge < -0.3 is 0 Å². The van der Waals surface area contributed by atoms with Gasteiger partial charge >= 0.3 is 0 Å². The van der Waals surface area contributed by atoms with E-state index >= 15 is 0 Å². The highest BCUT2D eigenvalue weighted by Crippen LogP contribution is 2.26. The maximum atomic E-state index is 12.3. The van der Waals surface area contributed by atoms with Crippen molar-refractivity contribution in [3.05, 3.63) is 40.3 Å². The molecule has 0 atom stereocenters. The van der Waals surface area contributed by atoms with Crippen LogP contribution in [-0.4, -0.2) is 6.67 Å². The van der Waals surface area contributed by atoms with Gasteiger partial charge in [0.05, 0.1) is 17.3 Å². The largest absolute Gasteiger partial charge is 0.250 e. The number of halogens is 2. The summed E-state index contributed by atoms with van der Waals surface area (Å²) in [6, 6.07) is 6.96. The van der Waals surface area contributed by atoms with E-state index in [1.165, 1.54) is 0 Å². The fraction of sp³-hybridized carbons (Fsp3) is 0.200. The molecule has 0 aliphatic carbocycles. The molecular weight excluding hydrogens is 189 g/mol. The van der Waals surface area contributed by atoms with Crippen LogP contribution in [-0.2, 0) is 0 Å². The monoisotopic (exact) mass is 196 g/mol. The van der Waals surface area contributed by atoms with Gasteiger partial charge in [0, 0.05) is 5.92 Å². The van der Waals surface area contributed by atoms with Crippen LogP contribution < -0.4 is 0 Å². The lowest BCUT2D eigenvalue weighted by molar-refractivity contribution is 0.516. The predicted octanol–water partition coefficient (Wildman–Crippen LogP) is 3.12. The van der Waals surface area contributed by atoms with E-state index in [-0.39, 0.29) is 0 Å². The summed E-state index contributed by atoms with van der Waals surface area (Å²) in [5.41, 5.74) is 0.996. The van der Waals surface area contributed by atoms with Gasteiger partial charge in [0.15, 0.2) is 0 Å². The van der Waals surface area contributed by atoms with E-state index in [9.17, 15) is 4.39 Å². The molecule has 0 fully saturated rings. The first-order valence-electron chi connectivity index (χ1n) is 3.78. The zero-order chi connectivity index (χ0) is 9.84. The molecule has 1 nitrogen and oxygen atoms in total. The van der Waals surface area contributed by atoms with Crippen LogP contribution in [0.4, 0.5) is 4.39 Å². The van der Waals surface area contributed by atoms with Crippen LogP contribution in [0.15, 0.2) is 18.2 Å². The van der Waals surface area contributed by atoms with Gasteiger partial charge in [-0.15, -0.1) is 0 Å². The summed E-state index contributed by atoms with van der Waals surface area (Å²) in [4.78, 5) is 0. The highest BCUT2D eigenvalue weighted by molar-refractivity contribution is 6.32. The molecule has 0 aromatic heterocycles. The molecule has 1 rings (SSSR count). The van der Waals surface area contributed by atoms with Gasteiger partial charge in [0.25, 0.3) is 0 Å². The van der Waals surface area contributed by atoms with E-state index in [4.69, 9.17) is 16.9 Å². The Labute approximate surface area is 81.8 Å². The van der Waals surface area contributed by atoms with Crippen molar-refractivity contribution in [3.8, 4) is 6.07 Å². The van der Waals surface area contributed by atoms with Crippen molar-refractivity contribution in [3.63, 3.8) is 0 Å². The van der Waals surface area contributed by atoms with Crippen molar-refractivity contribution in [2.24, 2.45) is 0 Å². The predicted molar refractivity (Wildman–Crippen MR) is 50.2 cm³/mol. The van der Waals surface area contributed by atoms with Crippen molar-refractivity contribution in [2.75, 3.05) is 6.67 Å². The second-order valence-electron chi connectivity index (χ2n) is 2.69. The Hall–Kier alpha value is -1.07. The van der Waals surface area contributed by atoms with Gasteiger partial charge in [-0.25, -0.2) is 0 Å². The topological polar surface area (TPSA) is 23.8 Å². The average Bonchev–Trinajstić information content (AvgIpc) is 2.17. The molecule has 0 saturated heterocycles. The van der Waals surface area contributed by atoms with Crippen LogP contribution in [0.5, 0.6) is 0 Å². The number of hydrogen-bond acceptors (Lipinski definition) is 1. The zero-order valence-electron chi connectivity index (χ0n) is 7.14. The Morgan fingerprint density at radius 2 is 2.31 bits per heavy atom. The van der Waals surface area contributed by atoms with E-state index in [1.807, 2.05) is 6.07 Å². The molecule has 0 aliphatic rings. The quantitative estimate of drug-likeness (QED) is 0.713. The molecule has 1 aromatic rings. The molecule has 0 unspecified atom stereocenters. The standard InChI is InChI=1S/C10H8ClFN/c1-7(5-12)9-4-2-3-8(6-13)10(9)11/h2-4H,5H2,1H3. The molecule has 0 saturated carbocycles.